The van der Waals surface area contributed by atoms with E-state index in [0.717, 1.165) is 24.2 Å². The largest absolute Gasteiger partial charge is 0.508 e. The molecule has 0 aliphatic rings. The van der Waals surface area contributed by atoms with E-state index >= 15 is 0 Å². The maximum absolute atomic E-state index is 13.7. The first-order valence-corrected chi connectivity index (χ1v) is 12.1. The van der Waals surface area contributed by atoms with Crippen molar-refractivity contribution in [3.63, 3.8) is 0 Å². The molecule has 0 saturated heterocycles. The highest BCUT2D eigenvalue weighted by molar-refractivity contribution is 5.92. The quantitative estimate of drug-likeness (QED) is 0.301. The number of ether oxygens (including phenoxy) is 1. The Morgan fingerprint density at radius 1 is 1.17 bits per heavy atom. The second kappa shape index (κ2) is 14.2. The van der Waals surface area contributed by atoms with Crippen molar-refractivity contribution in [3.05, 3.63) is 29.8 Å². The number of phenols is 1. The van der Waals surface area contributed by atoms with Gasteiger partial charge in [0.05, 0.1) is 6.07 Å². The highest BCUT2D eigenvalue weighted by Gasteiger charge is 2.37. The monoisotopic (exact) mass is 488 g/mol. The lowest BCUT2D eigenvalue weighted by atomic mass is 9.98. The van der Waals surface area contributed by atoms with Gasteiger partial charge in [-0.1, -0.05) is 51.8 Å². The molecule has 0 spiro atoms. The summed E-state index contributed by atoms with van der Waals surface area (Å²) >= 11 is 0. The number of amides is 3. The fraction of sp³-hybridized carbons (Fsp3) is 0.615. The molecule has 0 radical (unpaired) electrons. The standard InChI is InChI=1S/C26H40N4O5/c1-7-8-11-15-28-23(32)22(19-12-9-10-13-21(19)31)30(16-14-27)24(33)20(17-18(2)3)29-25(34)35-26(4,5)6/h9-10,12-13,18,20,22,31H,7-8,11,15-17H2,1-6H3,(H,28,32)(H,29,34). The minimum absolute atomic E-state index is 0.0225. The fourth-order valence-electron chi connectivity index (χ4n) is 3.57. The Bertz CT molecular complexity index is 888. The van der Waals surface area contributed by atoms with Gasteiger partial charge in [-0.15, -0.1) is 0 Å². The minimum Gasteiger partial charge on any atom is -0.508 e. The number of nitrogens with one attached hydrogen (secondary N) is 2. The summed E-state index contributed by atoms with van der Waals surface area (Å²) < 4.78 is 5.32. The smallest absolute Gasteiger partial charge is 0.408 e. The van der Waals surface area contributed by atoms with Gasteiger partial charge >= 0.3 is 6.09 Å². The molecule has 0 aromatic heterocycles. The molecule has 194 valence electrons. The summed E-state index contributed by atoms with van der Waals surface area (Å²) in [6, 6.07) is 5.89. The lowest BCUT2D eigenvalue weighted by molar-refractivity contribution is -0.142. The molecule has 9 nitrogen and oxygen atoms in total. The Kier molecular flexibility index (Phi) is 12.1. The molecule has 2 atom stereocenters. The molecule has 0 bridgehead atoms. The molecular formula is C26H40N4O5. The van der Waals surface area contributed by atoms with Gasteiger partial charge < -0.3 is 25.4 Å². The van der Waals surface area contributed by atoms with Gasteiger partial charge in [0.25, 0.3) is 0 Å². The van der Waals surface area contributed by atoms with Crippen LogP contribution in [0.15, 0.2) is 24.3 Å². The first-order valence-electron chi connectivity index (χ1n) is 12.1. The van der Waals surface area contributed by atoms with Gasteiger partial charge in [0, 0.05) is 12.1 Å². The summed E-state index contributed by atoms with van der Waals surface area (Å²) in [5.74, 6) is -1.26. The van der Waals surface area contributed by atoms with E-state index in [1.807, 2.05) is 26.8 Å². The molecule has 0 saturated carbocycles. The molecule has 0 heterocycles. The second-order valence-electron chi connectivity index (χ2n) is 9.91. The van der Waals surface area contributed by atoms with Crippen molar-refractivity contribution in [2.24, 2.45) is 5.92 Å². The van der Waals surface area contributed by atoms with Crippen molar-refractivity contribution in [2.45, 2.75) is 84.9 Å². The van der Waals surface area contributed by atoms with E-state index in [0.29, 0.717) is 6.54 Å². The number of carbonyl (C=O) groups is 3. The van der Waals surface area contributed by atoms with Crippen LogP contribution in [-0.4, -0.2) is 52.6 Å². The Labute approximate surface area is 208 Å². The summed E-state index contributed by atoms with van der Waals surface area (Å²) in [5.41, 5.74) is -0.567. The van der Waals surface area contributed by atoms with Crippen LogP contribution in [0.2, 0.25) is 0 Å². The minimum atomic E-state index is -1.25. The van der Waals surface area contributed by atoms with Crippen LogP contribution < -0.4 is 10.6 Å². The van der Waals surface area contributed by atoms with Crippen molar-refractivity contribution in [3.8, 4) is 11.8 Å². The van der Waals surface area contributed by atoms with Crippen molar-refractivity contribution >= 4 is 17.9 Å². The van der Waals surface area contributed by atoms with Gasteiger partial charge in [-0.3, -0.25) is 9.59 Å². The van der Waals surface area contributed by atoms with Crippen molar-refractivity contribution in [1.29, 1.82) is 5.26 Å². The van der Waals surface area contributed by atoms with Crippen LogP contribution >= 0.6 is 0 Å². The first-order chi connectivity index (χ1) is 16.4. The average Bonchev–Trinajstić information content (AvgIpc) is 2.75. The molecule has 1 rings (SSSR count). The number of nitrogens with zero attached hydrogens (tertiary/aromatic N) is 2. The zero-order valence-electron chi connectivity index (χ0n) is 21.8. The van der Waals surface area contributed by atoms with E-state index in [1.165, 1.54) is 6.07 Å². The van der Waals surface area contributed by atoms with Gasteiger partial charge in [0.2, 0.25) is 11.8 Å². The first kappa shape index (κ1) is 29.8. The average molecular weight is 489 g/mol. The summed E-state index contributed by atoms with van der Waals surface area (Å²) in [6.07, 6.45) is 2.17. The highest BCUT2D eigenvalue weighted by atomic mass is 16.6. The molecule has 0 fully saturated rings. The van der Waals surface area contributed by atoms with Crippen molar-refractivity contribution in [1.82, 2.24) is 15.5 Å². The van der Waals surface area contributed by atoms with Crippen molar-refractivity contribution < 1.29 is 24.2 Å². The van der Waals surface area contributed by atoms with Gasteiger partial charge in [0.1, 0.15) is 30.0 Å². The third-order valence-electron chi connectivity index (χ3n) is 5.09. The predicted octanol–water partition coefficient (Wildman–Crippen LogP) is 4.03. The van der Waals surface area contributed by atoms with Gasteiger partial charge in [0.15, 0.2) is 0 Å². The number of phenolic OH excluding ortho intramolecular Hbond substituents is 1. The Morgan fingerprint density at radius 2 is 1.83 bits per heavy atom. The van der Waals surface area contributed by atoms with E-state index in [-0.39, 0.29) is 23.7 Å². The van der Waals surface area contributed by atoms with E-state index in [9.17, 15) is 24.8 Å². The number of para-hydroxylation sites is 1. The van der Waals surface area contributed by atoms with E-state index in [4.69, 9.17) is 4.74 Å². The number of benzene rings is 1. The van der Waals surface area contributed by atoms with Gasteiger partial charge in [-0.05, 0) is 45.6 Å². The Hall–Kier alpha value is -3.28. The fourth-order valence-corrected chi connectivity index (χ4v) is 3.57. The third kappa shape index (κ3) is 10.3. The second-order valence-corrected chi connectivity index (χ2v) is 9.91. The number of alkyl carbamates (subject to hydrolysis) is 1. The molecular weight excluding hydrogens is 448 g/mol. The van der Waals surface area contributed by atoms with Crippen LogP contribution in [0.25, 0.3) is 0 Å². The molecule has 3 amide bonds. The van der Waals surface area contributed by atoms with Crippen LogP contribution in [-0.2, 0) is 14.3 Å². The molecule has 9 heteroatoms. The van der Waals surface area contributed by atoms with Crippen LogP contribution in [0.3, 0.4) is 0 Å². The molecule has 0 aliphatic heterocycles. The third-order valence-corrected chi connectivity index (χ3v) is 5.09. The van der Waals surface area contributed by atoms with E-state index in [2.05, 4.69) is 10.6 Å². The number of hydrogen-bond donors (Lipinski definition) is 3. The number of aromatic hydroxyl groups is 1. The van der Waals surface area contributed by atoms with Crippen LogP contribution in [0.1, 0.15) is 78.8 Å². The molecule has 3 N–H and O–H groups in total. The van der Waals surface area contributed by atoms with Crippen molar-refractivity contribution in [2.75, 3.05) is 13.1 Å². The molecule has 2 unspecified atom stereocenters. The number of rotatable bonds is 12. The summed E-state index contributed by atoms with van der Waals surface area (Å²) in [5, 5.41) is 25.5. The predicted molar refractivity (Wildman–Crippen MR) is 133 cm³/mol. The topological polar surface area (TPSA) is 132 Å². The van der Waals surface area contributed by atoms with Crippen LogP contribution in [0.5, 0.6) is 5.75 Å². The number of hydrogen-bond acceptors (Lipinski definition) is 6. The molecule has 35 heavy (non-hydrogen) atoms. The highest BCUT2D eigenvalue weighted by Crippen LogP contribution is 2.30. The SMILES string of the molecule is CCCCCNC(=O)C(c1ccccc1O)N(CC#N)C(=O)C(CC(C)C)NC(=O)OC(C)(C)C. The molecule has 1 aromatic rings. The zero-order valence-corrected chi connectivity index (χ0v) is 21.8. The summed E-state index contributed by atoms with van der Waals surface area (Å²) in [7, 11) is 0. The molecule has 1 aromatic carbocycles. The number of carbonyl (C=O) groups excluding carboxylic acids is 3. The van der Waals surface area contributed by atoms with Crippen LogP contribution in [0.4, 0.5) is 4.79 Å². The maximum Gasteiger partial charge on any atom is 0.408 e. The van der Waals surface area contributed by atoms with Gasteiger partial charge in [-0.25, -0.2) is 4.79 Å². The van der Waals surface area contributed by atoms with Crippen LogP contribution in [0, 0.1) is 17.2 Å². The van der Waals surface area contributed by atoms with Gasteiger partial charge in [-0.2, -0.15) is 5.26 Å². The Morgan fingerprint density at radius 3 is 2.37 bits per heavy atom. The van der Waals surface area contributed by atoms with E-state index < -0.39 is 42.1 Å². The molecule has 0 aliphatic carbocycles. The summed E-state index contributed by atoms with van der Waals surface area (Å²) in [6.45, 7) is 11.0. The number of unbranched alkanes of at least 4 members (excludes halogenated alkanes) is 2. The van der Waals surface area contributed by atoms with E-state index in [1.54, 1.807) is 39.0 Å². The number of nitriles is 1. The lowest BCUT2D eigenvalue weighted by Crippen LogP contribution is -2.53. The summed E-state index contributed by atoms with van der Waals surface area (Å²) in [4.78, 5) is 40.6. The maximum atomic E-state index is 13.7. The Balaban J connectivity index is 3.37. The lowest BCUT2D eigenvalue weighted by Gasteiger charge is -2.33. The normalized spacial score (nSPS) is 12.9. The zero-order chi connectivity index (χ0) is 26.6.